The van der Waals surface area contributed by atoms with Crippen LogP contribution in [0.1, 0.15) is 28.0 Å². The van der Waals surface area contributed by atoms with Crippen LogP contribution in [0.4, 0.5) is 5.00 Å². The van der Waals surface area contributed by atoms with Gasteiger partial charge in [0.15, 0.2) is 0 Å². The summed E-state index contributed by atoms with van der Waals surface area (Å²) in [5.41, 5.74) is 2.40. The number of rotatable bonds is 3. The molecule has 0 spiro atoms. The number of carbonyl (C=O) groups excluding carboxylic acids is 1. The Labute approximate surface area is 161 Å². The average Bonchev–Trinajstić information content (AvgIpc) is 3.26. The SMILES string of the molecule is N#C/C(=C\c1ccc2ccccc2c1)C(=O)Nc1sc2c(c1C#N)CCC2. The van der Waals surface area contributed by atoms with E-state index in [0.717, 1.165) is 41.2 Å². The zero-order valence-corrected chi connectivity index (χ0v) is 15.3. The monoisotopic (exact) mass is 369 g/mol. The Morgan fingerprint density at radius 2 is 1.93 bits per heavy atom. The maximum absolute atomic E-state index is 12.6. The molecule has 0 fully saturated rings. The molecule has 1 amide bonds. The average molecular weight is 369 g/mol. The van der Waals surface area contributed by atoms with E-state index < -0.39 is 5.91 Å². The number of amides is 1. The van der Waals surface area contributed by atoms with E-state index in [1.165, 1.54) is 16.2 Å². The molecule has 0 atom stereocenters. The van der Waals surface area contributed by atoms with Crippen molar-refractivity contribution in [2.24, 2.45) is 0 Å². The summed E-state index contributed by atoms with van der Waals surface area (Å²) >= 11 is 1.45. The summed E-state index contributed by atoms with van der Waals surface area (Å²) in [6, 6.07) is 17.9. The Kier molecular flexibility index (Phi) is 4.46. The van der Waals surface area contributed by atoms with E-state index in [-0.39, 0.29) is 5.57 Å². The van der Waals surface area contributed by atoms with Gasteiger partial charge >= 0.3 is 0 Å². The zero-order valence-electron chi connectivity index (χ0n) is 14.5. The van der Waals surface area contributed by atoms with Crippen molar-refractivity contribution in [3.8, 4) is 12.1 Å². The molecule has 1 aliphatic rings. The number of benzene rings is 2. The van der Waals surface area contributed by atoms with Crippen molar-refractivity contribution in [3.05, 3.63) is 69.6 Å². The summed E-state index contributed by atoms with van der Waals surface area (Å²) in [5.74, 6) is -0.484. The first-order valence-corrected chi connectivity index (χ1v) is 9.48. The van der Waals surface area contributed by atoms with Gasteiger partial charge in [-0.3, -0.25) is 4.79 Å². The molecule has 0 saturated carbocycles. The first-order valence-electron chi connectivity index (χ1n) is 8.66. The van der Waals surface area contributed by atoms with Gasteiger partial charge in [0.2, 0.25) is 0 Å². The Morgan fingerprint density at radius 3 is 2.70 bits per heavy atom. The number of hydrogen-bond acceptors (Lipinski definition) is 4. The lowest BCUT2D eigenvalue weighted by Gasteiger charge is -2.04. The van der Waals surface area contributed by atoms with E-state index in [0.29, 0.717) is 10.6 Å². The summed E-state index contributed by atoms with van der Waals surface area (Å²) in [5, 5.41) is 24.4. The molecule has 3 aromatic rings. The van der Waals surface area contributed by atoms with E-state index >= 15 is 0 Å². The summed E-state index contributed by atoms with van der Waals surface area (Å²) in [7, 11) is 0. The molecule has 4 rings (SSSR count). The highest BCUT2D eigenvalue weighted by molar-refractivity contribution is 7.16. The Morgan fingerprint density at radius 1 is 1.11 bits per heavy atom. The number of nitriles is 2. The smallest absolute Gasteiger partial charge is 0.266 e. The lowest BCUT2D eigenvalue weighted by Crippen LogP contribution is -2.13. The van der Waals surface area contributed by atoms with Crippen LogP contribution in [0, 0.1) is 22.7 Å². The van der Waals surface area contributed by atoms with Crippen molar-refractivity contribution in [2.45, 2.75) is 19.3 Å². The highest BCUT2D eigenvalue weighted by atomic mass is 32.1. The summed E-state index contributed by atoms with van der Waals surface area (Å²) in [6.07, 6.45) is 4.45. The van der Waals surface area contributed by atoms with Crippen LogP contribution in [0.2, 0.25) is 0 Å². The molecule has 1 N–H and O–H groups in total. The van der Waals surface area contributed by atoms with Gasteiger partial charge in [-0.2, -0.15) is 10.5 Å². The Hall–Kier alpha value is -3.41. The fourth-order valence-electron chi connectivity index (χ4n) is 3.39. The van der Waals surface area contributed by atoms with E-state index in [1.807, 2.05) is 48.5 Å². The van der Waals surface area contributed by atoms with Crippen LogP contribution in [0.5, 0.6) is 0 Å². The molecule has 1 aliphatic carbocycles. The second-order valence-corrected chi connectivity index (χ2v) is 7.51. The molecular formula is C22H15N3OS. The quantitative estimate of drug-likeness (QED) is 0.532. The second-order valence-electron chi connectivity index (χ2n) is 6.40. The number of hydrogen-bond donors (Lipinski definition) is 1. The first kappa shape index (κ1) is 17.0. The lowest BCUT2D eigenvalue weighted by atomic mass is 10.0. The molecule has 1 heterocycles. The number of anilines is 1. The number of nitrogens with one attached hydrogen (secondary N) is 1. The fraction of sp³-hybridized carbons (Fsp3) is 0.136. The Bertz CT molecular complexity index is 1170. The molecule has 0 saturated heterocycles. The van der Waals surface area contributed by atoms with Crippen molar-refractivity contribution in [2.75, 3.05) is 5.32 Å². The van der Waals surface area contributed by atoms with Gasteiger partial charge in [0.25, 0.3) is 5.91 Å². The van der Waals surface area contributed by atoms with Gasteiger partial charge in [0.1, 0.15) is 22.7 Å². The minimum Gasteiger partial charge on any atom is -0.312 e. The maximum Gasteiger partial charge on any atom is 0.266 e. The standard InChI is InChI=1S/C22H15N3OS/c23-12-17(11-14-8-9-15-4-1-2-5-16(15)10-14)21(26)25-22-19(13-24)18-6-3-7-20(18)27-22/h1-2,4-5,8-11H,3,6-7H2,(H,25,26)/b17-11+. The first-order chi connectivity index (χ1) is 13.2. The number of nitrogens with zero attached hydrogens (tertiary/aromatic N) is 2. The van der Waals surface area contributed by atoms with Crippen LogP contribution in [0.15, 0.2) is 48.0 Å². The van der Waals surface area contributed by atoms with Crippen LogP contribution in [-0.4, -0.2) is 5.91 Å². The summed E-state index contributed by atoms with van der Waals surface area (Å²) < 4.78 is 0. The van der Waals surface area contributed by atoms with E-state index in [4.69, 9.17) is 0 Å². The van der Waals surface area contributed by atoms with E-state index in [2.05, 4.69) is 11.4 Å². The van der Waals surface area contributed by atoms with Gasteiger partial charge in [-0.05, 0) is 53.3 Å². The van der Waals surface area contributed by atoms with Crippen LogP contribution in [-0.2, 0) is 17.6 Å². The minimum absolute atomic E-state index is 0.0164. The predicted octanol–water partition coefficient (Wildman–Crippen LogP) is 4.81. The van der Waals surface area contributed by atoms with Crippen molar-refractivity contribution < 1.29 is 4.79 Å². The molecule has 0 bridgehead atoms. The van der Waals surface area contributed by atoms with Gasteiger partial charge < -0.3 is 5.32 Å². The van der Waals surface area contributed by atoms with Crippen molar-refractivity contribution in [1.29, 1.82) is 10.5 Å². The number of aryl methyl sites for hydroxylation is 1. The van der Waals surface area contributed by atoms with Gasteiger partial charge in [-0.1, -0.05) is 36.4 Å². The number of fused-ring (bicyclic) bond motifs is 2. The molecule has 1 aromatic heterocycles. The Balaban J connectivity index is 1.62. The third-order valence-corrected chi connectivity index (χ3v) is 5.92. The molecular weight excluding hydrogens is 354 g/mol. The highest BCUT2D eigenvalue weighted by Gasteiger charge is 2.23. The molecule has 0 aliphatic heterocycles. The molecule has 0 radical (unpaired) electrons. The largest absolute Gasteiger partial charge is 0.312 e. The molecule has 0 unspecified atom stereocenters. The van der Waals surface area contributed by atoms with Crippen molar-refractivity contribution in [3.63, 3.8) is 0 Å². The molecule has 27 heavy (non-hydrogen) atoms. The summed E-state index contributed by atoms with van der Waals surface area (Å²) in [6.45, 7) is 0. The predicted molar refractivity (Wildman–Crippen MR) is 107 cm³/mol. The van der Waals surface area contributed by atoms with Crippen LogP contribution >= 0.6 is 11.3 Å². The third-order valence-electron chi connectivity index (χ3n) is 4.71. The van der Waals surface area contributed by atoms with E-state index in [9.17, 15) is 15.3 Å². The highest BCUT2D eigenvalue weighted by Crippen LogP contribution is 2.38. The molecule has 2 aromatic carbocycles. The normalized spacial score (nSPS) is 13.0. The van der Waals surface area contributed by atoms with Gasteiger partial charge in [0.05, 0.1) is 5.56 Å². The van der Waals surface area contributed by atoms with Crippen LogP contribution in [0.3, 0.4) is 0 Å². The second kappa shape index (κ2) is 7.07. The van der Waals surface area contributed by atoms with Crippen LogP contribution < -0.4 is 5.32 Å². The van der Waals surface area contributed by atoms with Gasteiger partial charge in [-0.15, -0.1) is 11.3 Å². The number of carbonyl (C=O) groups is 1. The van der Waals surface area contributed by atoms with Crippen LogP contribution in [0.25, 0.3) is 16.8 Å². The number of thiophene rings is 1. The van der Waals surface area contributed by atoms with Crippen molar-refractivity contribution >= 4 is 39.1 Å². The fourth-order valence-corrected chi connectivity index (χ4v) is 4.63. The summed E-state index contributed by atoms with van der Waals surface area (Å²) in [4.78, 5) is 13.8. The molecule has 5 heteroatoms. The minimum atomic E-state index is -0.484. The zero-order chi connectivity index (χ0) is 18.8. The topological polar surface area (TPSA) is 76.7 Å². The van der Waals surface area contributed by atoms with Crippen molar-refractivity contribution in [1.82, 2.24) is 0 Å². The maximum atomic E-state index is 12.6. The van der Waals surface area contributed by atoms with Gasteiger partial charge in [-0.25, -0.2) is 0 Å². The van der Waals surface area contributed by atoms with E-state index in [1.54, 1.807) is 6.08 Å². The lowest BCUT2D eigenvalue weighted by molar-refractivity contribution is -0.112. The molecule has 130 valence electrons. The third kappa shape index (κ3) is 3.21. The van der Waals surface area contributed by atoms with Gasteiger partial charge in [0, 0.05) is 4.88 Å². The molecule has 4 nitrogen and oxygen atoms in total.